The molecule has 4 rings (SSSR count). The number of rotatable bonds is 11. The van der Waals surface area contributed by atoms with Gasteiger partial charge in [0.1, 0.15) is 0 Å². The van der Waals surface area contributed by atoms with Crippen LogP contribution in [-0.2, 0) is 20.8 Å². The third-order valence-corrected chi connectivity index (χ3v) is 7.01. The van der Waals surface area contributed by atoms with Crippen LogP contribution in [0.5, 0.6) is 0 Å². The van der Waals surface area contributed by atoms with Crippen LogP contribution in [0.15, 0.2) is 66.7 Å². The maximum absolute atomic E-state index is 13.2. The summed E-state index contributed by atoms with van der Waals surface area (Å²) < 4.78 is 0. The van der Waals surface area contributed by atoms with E-state index in [0.717, 1.165) is 18.8 Å². The van der Waals surface area contributed by atoms with Crippen LogP contribution >= 0.6 is 11.6 Å². The molecule has 214 valence electrons. The van der Waals surface area contributed by atoms with E-state index in [1.54, 1.807) is 48.3 Å². The summed E-state index contributed by atoms with van der Waals surface area (Å²) in [6.07, 6.45) is -0.145. The Kier molecular flexibility index (Phi) is 9.44. The lowest BCUT2D eigenvalue weighted by atomic mass is 9.98. The van der Waals surface area contributed by atoms with E-state index >= 15 is 0 Å². The zero-order chi connectivity index (χ0) is 29.7. The van der Waals surface area contributed by atoms with Crippen molar-refractivity contribution in [3.63, 3.8) is 0 Å². The number of hydrogen-bond donors (Lipinski definition) is 3. The number of carboxylic acid groups (broad SMARTS) is 1. The van der Waals surface area contributed by atoms with Gasteiger partial charge < -0.3 is 25.5 Å². The van der Waals surface area contributed by atoms with Gasteiger partial charge >= 0.3 is 5.97 Å². The second kappa shape index (κ2) is 13.0. The summed E-state index contributed by atoms with van der Waals surface area (Å²) in [5.41, 5.74) is 4.92. The Bertz CT molecular complexity index is 1490. The van der Waals surface area contributed by atoms with Crippen LogP contribution in [-0.4, -0.2) is 80.5 Å². The molecular formula is C31H34ClN5O4. The highest BCUT2D eigenvalue weighted by Gasteiger charge is 2.29. The molecule has 41 heavy (non-hydrogen) atoms. The molecule has 0 unspecified atom stereocenters. The molecule has 0 bridgehead atoms. The van der Waals surface area contributed by atoms with Gasteiger partial charge in [-0.2, -0.15) is 0 Å². The van der Waals surface area contributed by atoms with Crippen LogP contribution in [0.1, 0.15) is 16.7 Å². The third kappa shape index (κ3) is 7.52. The minimum absolute atomic E-state index is 0.0251. The van der Waals surface area contributed by atoms with E-state index in [4.69, 9.17) is 11.6 Å². The van der Waals surface area contributed by atoms with Crippen molar-refractivity contribution < 1.29 is 19.5 Å². The second-order valence-corrected chi connectivity index (χ2v) is 10.8. The summed E-state index contributed by atoms with van der Waals surface area (Å²) in [6, 6.07) is 19.7. The molecule has 0 fully saturated rings. The van der Waals surface area contributed by atoms with Gasteiger partial charge in [-0.15, -0.1) is 0 Å². The van der Waals surface area contributed by atoms with Gasteiger partial charge in [0, 0.05) is 42.1 Å². The maximum Gasteiger partial charge on any atom is 0.307 e. The van der Waals surface area contributed by atoms with Crippen LogP contribution in [0, 0.1) is 0 Å². The number of benzene rings is 3. The summed E-state index contributed by atoms with van der Waals surface area (Å²) in [7, 11) is 7.67. The Hall–Kier alpha value is -4.18. The Morgan fingerprint density at radius 2 is 1.68 bits per heavy atom. The van der Waals surface area contributed by atoms with Crippen LogP contribution in [0.2, 0.25) is 5.02 Å². The third-order valence-electron chi connectivity index (χ3n) is 6.78. The fourth-order valence-electron chi connectivity index (χ4n) is 4.53. The number of likely N-dealkylation sites (N-methyl/N-ethyl adjacent to an activating group) is 3. The zero-order valence-corrected chi connectivity index (χ0v) is 24.3. The lowest BCUT2D eigenvalue weighted by Crippen LogP contribution is -2.39. The molecule has 3 aromatic rings. The van der Waals surface area contributed by atoms with Crippen molar-refractivity contribution in [2.24, 2.45) is 0 Å². The first-order chi connectivity index (χ1) is 19.5. The number of carbonyl (C=O) groups is 3. The average Bonchev–Trinajstić information content (AvgIpc) is 3.24. The number of hydrogen-bond acceptors (Lipinski definition) is 6. The molecule has 0 aliphatic carbocycles. The summed E-state index contributed by atoms with van der Waals surface area (Å²) in [6.45, 7) is 1.94. The summed E-state index contributed by atoms with van der Waals surface area (Å²) in [4.78, 5) is 43.1. The topological polar surface area (TPSA) is 105 Å². The van der Waals surface area contributed by atoms with Crippen molar-refractivity contribution in [2.75, 3.05) is 63.4 Å². The molecule has 0 aromatic heterocycles. The van der Waals surface area contributed by atoms with Crippen molar-refractivity contribution in [3.8, 4) is 0 Å². The van der Waals surface area contributed by atoms with E-state index in [0.29, 0.717) is 50.9 Å². The van der Waals surface area contributed by atoms with Crippen LogP contribution in [0.3, 0.4) is 0 Å². The number of amides is 2. The standard InChI is InChI=1S/C31H34ClN5O4/c1-35(2)14-15-36(3)19-27(38)37(4)24-11-9-23(10-12-24)33-30(21-7-5-6-20(16-21)17-28(39)40)29-25-13-8-22(32)18-26(25)34-31(29)41/h5-13,16,18,33H,14-15,17,19H2,1-4H3,(H,34,41)(H,39,40). The van der Waals surface area contributed by atoms with E-state index in [-0.39, 0.29) is 18.2 Å². The number of aliphatic carboxylic acids is 1. The van der Waals surface area contributed by atoms with Crippen molar-refractivity contribution in [3.05, 3.63) is 88.4 Å². The molecule has 1 aliphatic rings. The fraction of sp³-hybridized carbons (Fsp3) is 0.258. The smallest absolute Gasteiger partial charge is 0.307 e. The molecule has 2 amide bonds. The highest BCUT2D eigenvalue weighted by molar-refractivity contribution is 6.38. The molecule has 0 spiro atoms. The molecule has 1 aliphatic heterocycles. The SMILES string of the molecule is CN(C)CCN(C)CC(=O)N(C)c1ccc(NC(=C2C(=O)Nc3cc(Cl)ccc32)c2cccc(CC(=O)O)c2)cc1. The average molecular weight is 576 g/mol. The first-order valence-corrected chi connectivity index (χ1v) is 13.5. The van der Waals surface area contributed by atoms with Gasteiger partial charge in [-0.1, -0.05) is 35.9 Å². The Morgan fingerprint density at radius 1 is 0.951 bits per heavy atom. The number of carbonyl (C=O) groups excluding carboxylic acids is 2. The number of anilines is 3. The lowest BCUT2D eigenvalue weighted by molar-refractivity contribution is -0.136. The molecule has 0 radical (unpaired) electrons. The van der Waals surface area contributed by atoms with Crippen LogP contribution < -0.4 is 15.5 Å². The molecule has 9 nitrogen and oxygen atoms in total. The maximum atomic E-state index is 13.2. The summed E-state index contributed by atoms with van der Waals surface area (Å²) in [5.74, 6) is -1.27. The van der Waals surface area contributed by atoms with Gasteiger partial charge in [0.15, 0.2) is 0 Å². The van der Waals surface area contributed by atoms with Gasteiger partial charge in [-0.05, 0) is 74.7 Å². The van der Waals surface area contributed by atoms with E-state index < -0.39 is 5.97 Å². The molecule has 10 heteroatoms. The second-order valence-electron chi connectivity index (χ2n) is 10.3. The van der Waals surface area contributed by atoms with E-state index in [9.17, 15) is 19.5 Å². The Labute approximate surface area is 245 Å². The van der Waals surface area contributed by atoms with Gasteiger partial charge in [-0.25, -0.2) is 0 Å². The van der Waals surface area contributed by atoms with Crippen LogP contribution in [0.4, 0.5) is 17.1 Å². The van der Waals surface area contributed by atoms with Crippen LogP contribution in [0.25, 0.3) is 11.3 Å². The molecule has 3 aromatic carbocycles. The Morgan fingerprint density at radius 3 is 2.37 bits per heavy atom. The lowest BCUT2D eigenvalue weighted by Gasteiger charge is -2.23. The predicted molar refractivity (Wildman–Crippen MR) is 164 cm³/mol. The highest BCUT2D eigenvalue weighted by Crippen LogP contribution is 2.39. The van der Waals surface area contributed by atoms with Gasteiger partial charge in [0.05, 0.1) is 29.9 Å². The fourth-order valence-corrected chi connectivity index (χ4v) is 4.70. The van der Waals surface area contributed by atoms with Gasteiger partial charge in [-0.3, -0.25) is 19.3 Å². The van der Waals surface area contributed by atoms with Crippen molar-refractivity contribution >= 4 is 57.7 Å². The summed E-state index contributed by atoms with van der Waals surface area (Å²) in [5, 5.41) is 16.1. The van der Waals surface area contributed by atoms with E-state index in [1.165, 1.54) is 0 Å². The van der Waals surface area contributed by atoms with Gasteiger partial charge in [0.2, 0.25) is 5.91 Å². The molecule has 3 N–H and O–H groups in total. The zero-order valence-electron chi connectivity index (χ0n) is 23.6. The molecule has 0 saturated carbocycles. The van der Waals surface area contributed by atoms with Gasteiger partial charge in [0.25, 0.3) is 5.91 Å². The van der Waals surface area contributed by atoms with Crippen molar-refractivity contribution in [2.45, 2.75) is 6.42 Å². The Balaban J connectivity index is 1.63. The van der Waals surface area contributed by atoms with Crippen molar-refractivity contribution in [1.29, 1.82) is 0 Å². The minimum Gasteiger partial charge on any atom is -0.481 e. The number of carboxylic acids is 1. The normalized spacial score (nSPS) is 13.7. The number of fused-ring (bicyclic) bond motifs is 1. The number of nitrogens with one attached hydrogen (secondary N) is 2. The first-order valence-electron chi connectivity index (χ1n) is 13.2. The number of halogens is 1. The number of nitrogens with zero attached hydrogens (tertiary/aromatic N) is 3. The van der Waals surface area contributed by atoms with E-state index in [1.807, 2.05) is 56.4 Å². The first kappa shape index (κ1) is 29.8. The summed E-state index contributed by atoms with van der Waals surface area (Å²) >= 11 is 6.16. The molecule has 0 atom stereocenters. The quantitative estimate of drug-likeness (QED) is 0.292. The minimum atomic E-state index is -0.943. The monoisotopic (exact) mass is 575 g/mol. The highest BCUT2D eigenvalue weighted by atomic mass is 35.5. The van der Waals surface area contributed by atoms with Crippen molar-refractivity contribution in [1.82, 2.24) is 9.80 Å². The molecule has 1 heterocycles. The molecule has 0 saturated heterocycles. The molecular weight excluding hydrogens is 542 g/mol. The largest absolute Gasteiger partial charge is 0.481 e. The van der Waals surface area contributed by atoms with E-state index in [2.05, 4.69) is 15.5 Å². The predicted octanol–water partition coefficient (Wildman–Crippen LogP) is 4.36.